The fourth-order valence-electron chi connectivity index (χ4n) is 3.94. The van der Waals surface area contributed by atoms with E-state index in [2.05, 4.69) is 10.2 Å². The second-order valence-corrected chi connectivity index (χ2v) is 10.4. The third-order valence-corrected chi connectivity index (χ3v) is 5.92. The number of nitrogens with two attached hydrogens (primary N) is 1. The van der Waals surface area contributed by atoms with Gasteiger partial charge in [-0.15, -0.1) is 10.2 Å². The lowest BCUT2D eigenvalue weighted by molar-refractivity contribution is -0.146. The molecular formula is C23H37N5O6. The van der Waals surface area contributed by atoms with E-state index in [0.29, 0.717) is 30.2 Å². The fourth-order valence-corrected chi connectivity index (χ4v) is 3.94. The maximum absolute atomic E-state index is 13.5. The molecule has 2 rings (SSSR count). The molecule has 11 nitrogen and oxygen atoms in total. The van der Waals surface area contributed by atoms with Crippen molar-refractivity contribution in [3.8, 4) is 0 Å². The molecule has 2 N–H and O–H groups in total. The molecule has 1 saturated heterocycles. The van der Waals surface area contributed by atoms with Crippen molar-refractivity contribution in [2.75, 3.05) is 13.7 Å². The van der Waals surface area contributed by atoms with E-state index in [1.54, 1.807) is 18.7 Å². The summed E-state index contributed by atoms with van der Waals surface area (Å²) in [7, 11) is 1.09. The summed E-state index contributed by atoms with van der Waals surface area (Å²) in [6, 6.07) is -2.71. The SMILES string of the molecule is COC(=O)N(C(=O)[C@@H](N)C(C)C)C(=O)[C@@H]1CCCN1[C@H](C(=O)c1nnc(C(C)(C)C)o1)C(C)C. The van der Waals surface area contributed by atoms with Crippen LogP contribution in [0.3, 0.4) is 0 Å². The molecule has 34 heavy (non-hydrogen) atoms. The Morgan fingerprint density at radius 1 is 1.12 bits per heavy atom. The second kappa shape index (κ2) is 10.7. The van der Waals surface area contributed by atoms with E-state index in [-0.39, 0.29) is 17.7 Å². The van der Waals surface area contributed by atoms with Crippen LogP contribution in [-0.2, 0) is 19.7 Å². The summed E-state index contributed by atoms with van der Waals surface area (Å²) >= 11 is 0. The number of likely N-dealkylation sites (tertiary alicyclic amines) is 1. The summed E-state index contributed by atoms with van der Waals surface area (Å²) in [5, 5.41) is 7.94. The van der Waals surface area contributed by atoms with Crippen molar-refractivity contribution in [2.45, 2.75) is 84.8 Å². The molecule has 0 unspecified atom stereocenters. The second-order valence-electron chi connectivity index (χ2n) is 10.4. The number of aromatic nitrogens is 2. The molecule has 0 aromatic carbocycles. The van der Waals surface area contributed by atoms with Crippen LogP contribution in [0, 0.1) is 11.8 Å². The maximum atomic E-state index is 13.5. The molecule has 1 aromatic rings. The summed E-state index contributed by atoms with van der Waals surface area (Å²) in [5.41, 5.74) is 5.52. The molecule has 0 saturated carbocycles. The van der Waals surface area contributed by atoms with Crippen LogP contribution in [0.5, 0.6) is 0 Å². The molecule has 11 heteroatoms. The van der Waals surface area contributed by atoms with Gasteiger partial charge in [-0.1, -0.05) is 48.5 Å². The Morgan fingerprint density at radius 2 is 1.74 bits per heavy atom. The monoisotopic (exact) mass is 479 g/mol. The number of hydrogen-bond acceptors (Lipinski definition) is 10. The summed E-state index contributed by atoms with van der Waals surface area (Å²) in [6.07, 6.45) is -0.134. The molecule has 3 atom stereocenters. The lowest BCUT2D eigenvalue weighted by atomic mass is 9.96. The Bertz CT molecular complexity index is 919. The van der Waals surface area contributed by atoms with Gasteiger partial charge in [-0.3, -0.25) is 19.3 Å². The molecular weight excluding hydrogens is 442 g/mol. The van der Waals surface area contributed by atoms with Gasteiger partial charge in [-0.05, 0) is 31.2 Å². The smallest absolute Gasteiger partial charge is 0.423 e. The first-order chi connectivity index (χ1) is 15.7. The molecule has 0 radical (unpaired) electrons. The van der Waals surface area contributed by atoms with Crippen LogP contribution in [0.25, 0.3) is 0 Å². The van der Waals surface area contributed by atoms with Crippen LogP contribution in [-0.4, -0.2) is 75.5 Å². The Morgan fingerprint density at radius 3 is 2.21 bits per heavy atom. The van der Waals surface area contributed by atoms with E-state index in [0.717, 1.165) is 7.11 Å². The Kier molecular flexibility index (Phi) is 8.70. The fraction of sp³-hybridized carbons (Fsp3) is 0.739. The average Bonchev–Trinajstić information content (AvgIpc) is 3.42. The minimum atomic E-state index is -1.10. The lowest BCUT2D eigenvalue weighted by Crippen LogP contribution is -2.58. The van der Waals surface area contributed by atoms with E-state index < -0.39 is 47.2 Å². The van der Waals surface area contributed by atoms with Gasteiger partial charge in [0.15, 0.2) is 0 Å². The predicted molar refractivity (Wildman–Crippen MR) is 123 cm³/mol. The highest BCUT2D eigenvalue weighted by Crippen LogP contribution is 2.29. The van der Waals surface area contributed by atoms with Gasteiger partial charge in [-0.25, -0.2) is 4.79 Å². The molecule has 3 amide bonds. The zero-order chi connectivity index (χ0) is 26.0. The molecule has 0 spiro atoms. The first kappa shape index (κ1) is 27.6. The summed E-state index contributed by atoms with van der Waals surface area (Å²) in [5.74, 6) is -2.32. The van der Waals surface area contributed by atoms with Crippen molar-refractivity contribution in [3.05, 3.63) is 11.8 Å². The predicted octanol–water partition coefficient (Wildman–Crippen LogP) is 2.14. The first-order valence-electron chi connectivity index (χ1n) is 11.6. The Balaban J connectivity index is 2.39. The van der Waals surface area contributed by atoms with Crippen molar-refractivity contribution < 1.29 is 28.3 Å². The highest BCUT2D eigenvalue weighted by atomic mass is 16.5. The molecule has 1 fully saturated rings. The quantitative estimate of drug-likeness (QED) is 0.576. The molecule has 1 aliphatic rings. The third kappa shape index (κ3) is 5.69. The Hall–Kier alpha value is -2.66. The standard InChI is InChI=1S/C23H37N5O6/c1-12(2)15(24)20(31)28(22(32)33-8)19(30)14-10-9-11-27(14)16(13(3)4)17(29)18-25-26-21(34-18)23(5,6)7/h12-16H,9-11,24H2,1-8H3/t14-,15-,16-/m0/s1. The number of Topliss-reactive ketones (excluding diaryl/α,β-unsaturated/α-hetero) is 1. The van der Waals surface area contributed by atoms with Crippen molar-refractivity contribution in [2.24, 2.45) is 17.6 Å². The largest absolute Gasteiger partial charge is 0.452 e. The summed E-state index contributed by atoms with van der Waals surface area (Å²) in [6.45, 7) is 13.2. The number of amides is 3. The van der Waals surface area contributed by atoms with E-state index >= 15 is 0 Å². The molecule has 0 bridgehead atoms. The number of nitrogens with zero attached hydrogens (tertiary/aromatic N) is 4. The molecule has 0 aliphatic carbocycles. The van der Waals surface area contributed by atoms with Crippen molar-refractivity contribution in [1.29, 1.82) is 0 Å². The average molecular weight is 480 g/mol. The van der Waals surface area contributed by atoms with E-state index in [4.69, 9.17) is 14.9 Å². The van der Waals surface area contributed by atoms with E-state index in [9.17, 15) is 19.2 Å². The Labute approximate surface area is 200 Å². The van der Waals surface area contributed by atoms with E-state index in [1.165, 1.54) is 0 Å². The van der Waals surface area contributed by atoms with Crippen LogP contribution in [0.4, 0.5) is 4.79 Å². The lowest BCUT2D eigenvalue weighted by Gasteiger charge is -2.35. The van der Waals surface area contributed by atoms with Crippen LogP contribution in [0.15, 0.2) is 4.42 Å². The number of imide groups is 3. The van der Waals surface area contributed by atoms with E-state index in [1.807, 2.05) is 34.6 Å². The number of hydrogen-bond donors (Lipinski definition) is 1. The molecule has 1 aliphatic heterocycles. The number of ketones is 1. The van der Waals surface area contributed by atoms with Gasteiger partial charge in [0.1, 0.15) is 0 Å². The van der Waals surface area contributed by atoms with Crippen LogP contribution in [0.1, 0.15) is 77.9 Å². The number of rotatable bonds is 7. The zero-order valence-corrected chi connectivity index (χ0v) is 21.3. The summed E-state index contributed by atoms with van der Waals surface area (Å²) in [4.78, 5) is 54.4. The molecule has 190 valence electrons. The zero-order valence-electron chi connectivity index (χ0n) is 21.3. The normalized spacial score (nSPS) is 18.7. The highest BCUT2D eigenvalue weighted by molar-refractivity contribution is 6.12. The van der Waals surface area contributed by atoms with Gasteiger partial charge in [0.2, 0.25) is 11.7 Å². The third-order valence-electron chi connectivity index (χ3n) is 5.92. The van der Waals surface area contributed by atoms with Gasteiger partial charge in [0, 0.05) is 5.41 Å². The minimum Gasteiger partial charge on any atom is -0.452 e. The maximum Gasteiger partial charge on any atom is 0.423 e. The highest BCUT2D eigenvalue weighted by Gasteiger charge is 2.46. The topological polar surface area (TPSA) is 149 Å². The van der Waals surface area contributed by atoms with Crippen LogP contribution >= 0.6 is 0 Å². The number of carbonyl (C=O) groups excluding carboxylic acids is 4. The van der Waals surface area contributed by atoms with Crippen LogP contribution < -0.4 is 5.73 Å². The van der Waals surface area contributed by atoms with Crippen molar-refractivity contribution >= 4 is 23.7 Å². The number of carbonyl (C=O) groups is 4. The van der Waals surface area contributed by atoms with Gasteiger partial charge in [0.25, 0.3) is 17.7 Å². The molecule has 2 heterocycles. The first-order valence-corrected chi connectivity index (χ1v) is 11.6. The van der Waals surface area contributed by atoms with Crippen molar-refractivity contribution in [3.63, 3.8) is 0 Å². The van der Waals surface area contributed by atoms with Gasteiger partial charge in [-0.2, -0.15) is 4.90 Å². The van der Waals surface area contributed by atoms with Gasteiger partial charge >= 0.3 is 6.09 Å². The number of methoxy groups -OCH3 is 1. The van der Waals surface area contributed by atoms with Crippen LogP contribution in [0.2, 0.25) is 0 Å². The van der Waals surface area contributed by atoms with Crippen molar-refractivity contribution in [1.82, 2.24) is 20.0 Å². The number of ether oxygens (including phenoxy) is 1. The summed E-state index contributed by atoms with van der Waals surface area (Å²) < 4.78 is 10.4. The van der Waals surface area contributed by atoms with Gasteiger partial charge < -0.3 is 14.9 Å². The molecule has 1 aromatic heterocycles. The van der Waals surface area contributed by atoms with Gasteiger partial charge in [0.05, 0.1) is 25.2 Å². The minimum absolute atomic E-state index is 0.135.